The van der Waals surface area contributed by atoms with Gasteiger partial charge in [-0.3, -0.25) is 24.3 Å². The molecule has 0 aliphatic rings. The number of hydrogen-bond donors (Lipinski definition) is 1. The lowest BCUT2D eigenvalue weighted by molar-refractivity contribution is -0.385. The van der Waals surface area contributed by atoms with Gasteiger partial charge in [-0.1, -0.05) is 11.6 Å². The number of nitrogens with one attached hydrogen (secondary N) is 1. The van der Waals surface area contributed by atoms with E-state index >= 15 is 0 Å². The number of rotatable bonds is 7. The van der Waals surface area contributed by atoms with Crippen LogP contribution in [0.5, 0.6) is 0 Å². The summed E-state index contributed by atoms with van der Waals surface area (Å²) in [6.45, 7) is 2.88. The molecule has 0 bridgehead atoms. The van der Waals surface area contributed by atoms with Crippen LogP contribution in [0.15, 0.2) is 18.6 Å². The minimum Gasteiger partial charge on any atom is -0.354 e. The van der Waals surface area contributed by atoms with Crippen LogP contribution < -0.4 is 5.32 Å². The molecule has 118 valence electrons. The summed E-state index contributed by atoms with van der Waals surface area (Å²) in [6.07, 6.45) is 4.76. The van der Waals surface area contributed by atoms with Gasteiger partial charge in [0.15, 0.2) is 0 Å². The quantitative estimate of drug-likeness (QED) is 0.466. The Morgan fingerprint density at radius 2 is 2.23 bits per heavy atom. The second-order valence-electron chi connectivity index (χ2n) is 4.68. The van der Waals surface area contributed by atoms with Gasteiger partial charge < -0.3 is 5.32 Å². The first-order valence-electron chi connectivity index (χ1n) is 6.59. The molecule has 0 aliphatic carbocycles. The lowest BCUT2D eigenvalue weighted by atomic mass is 10.4. The molecule has 0 unspecified atom stereocenters. The van der Waals surface area contributed by atoms with Crippen molar-refractivity contribution >= 4 is 23.2 Å². The summed E-state index contributed by atoms with van der Waals surface area (Å²) in [7, 11) is 0. The molecule has 0 fully saturated rings. The Morgan fingerprint density at radius 1 is 1.45 bits per heavy atom. The van der Waals surface area contributed by atoms with E-state index < -0.39 is 4.92 Å². The van der Waals surface area contributed by atoms with Crippen molar-refractivity contribution in [1.29, 1.82) is 0 Å². The summed E-state index contributed by atoms with van der Waals surface area (Å²) in [5, 5.41) is 21.8. The van der Waals surface area contributed by atoms with E-state index in [9.17, 15) is 14.9 Å². The molecular formula is C12H15ClN6O3. The standard InChI is InChI=1S/C12H15ClN6O3/c1-9-11(13)7-17(16-9)4-2-3-14-12(20)8-18-6-10(5-15-18)19(21)22/h5-7H,2-4,8H2,1H3,(H,14,20). The van der Waals surface area contributed by atoms with E-state index in [4.69, 9.17) is 11.6 Å². The molecule has 0 spiro atoms. The topological polar surface area (TPSA) is 108 Å². The molecule has 2 aromatic rings. The number of amides is 1. The van der Waals surface area contributed by atoms with Crippen molar-refractivity contribution in [3.05, 3.63) is 39.4 Å². The third-order valence-electron chi connectivity index (χ3n) is 2.91. The summed E-state index contributed by atoms with van der Waals surface area (Å²) in [4.78, 5) is 21.6. The average Bonchev–Trinajstić information content (AvgIpc) is 3.03. The van der Waals surface area contributed by atoms with Crippen molar-refractivity contribution in [1.82, 2.24) is 24.9 Å². The predicted octanol–water partition coefficient (Wildman–Crippen LogP) is 1.16. The Kier molecular flexibility index (Phi) is 5.10. The van der Waals surface area contributed by atoms with E-state index in [1.165, 1.54) is 10.9 Å². The summed E-state index contributed by atoms with van der Waals surface area (Å²) < 4.78 is 2.95. The molecule has 0 radical (unpaired) electrons. The summed E-state index contributed by atoms with van der Waals surface area (Å²) in [6, 6.07) is 0. The van der Waals surface area contributed by atoms with Crippen LogP contribution in [-0.4, -0.2) is 36.9 Å². The number of nitrogens with zero attached hydrogens (tertiary/aromatic N) is 5. The van der Waals surface area contributed by atoms with Crippen molar-refractivity contribution in [2.75, 3.05) is 6.54 Å². The highest BCUT2D eigenvalue weighted by atomic mass is 35.5. The zero-order chi connectivity index (χ0) is 16.1. The van der Waals surface area contributed by atoms with Gasteiger partial charge in [-0.2, -0.15) is 10.2 Å². The van der Waals surface area contributed by atoms with Crippen LogP contribution in [0.25, 0.3) is 0 Å². The first-order chi connectivity index (χ1) is 10.5. The van der Waals surface area contributed by atoms with Crippen molar-refractivity contribution in [2.24, 2.45) is 0 Å². The fourth-order valence-electron chi connectivity index (χ4n) is 1.81. The molecule has 2 heterocycles. The Labute approximate surface area is 131 Å². The van der Waals surface area contributed by atoms with Crippen LogP contribution in [0.2, 0.25) is 5.02 Å². The van der Waals surface area contributed by atoms with Crippen molar-refractivity contribution in [3.8, 4) is 0 Å². The van der Waals surface area contributed by atoms with Gasteiger partial charge in [-0.25, -0.2) is 0 Å². The lowest BCUT2D eigenvalue weighted by Crippen LogP contribution is -2.29. The second kappa shape index (κ2) is 7.03. The molecule has 0 aliphatic heterocycles. The smallest absolute Gasteiger partial charge is 0.307 e. The van der Waals surface area contributed by atoms with Crippen molar-refractivity contribution in [2.45, 2.75) is 26.4 Å². The monoisotopic (exact) mass is 326 g/mol. The number of halogens is 1. The van der Waals surface area contributed by atoms with Gasteiger partial charge in [-0.15, -0.1) is 0 Å². The highest BCUT2D eigenvalue weighted by Gasteiger charge is 2.10. The average molecular weight is 327 g/mol. The van der Waals surface area contributed by atoms with Crippen molar-refractivity contribution in [3.63, 3.8) is 0 Å². The fraction of sp³-hybridized carbons (Fsp3) is 0.417. The van der Waals surface area contributed by atoms with E-state index in [0.717, 1.165) is 11.9 Å². The molecule has 0 saturated heterocycles. The predicted molar refractivity (Wildman–Crippen MR) is 78.5 cm³/mol. The first-order valence-corrected chi connectivity index (χ1v) is 6.96. The molecule has 0 aromatic carbocycles. The van der Waals surface area contributed by atoms with Gasteiger partial charge in [-0.05, 0) is 13.3 Å². The van der Waals surface area contributed by atoms with E-state index in [1.807, 2.05) is 6.92 Å². The molecule has 1 amide bonds. The maximum absolute atomic E-state index is 11.7. The zero-order valence-electron chi connectivity index (χ0n) is 11.9. The Hall–Kier alpha value is -2.42. The first kappa shape index (κ1) is 16.0. The van der Waals surface area contributed by atoms with Gasteiger partial charge in [0.2, 0.25) is 5.91 Å². The van der Waals surface area contributed by atoms with Crippen LogP contribution in [0.1, 0.15) is 12.1 Å². The van der Waals surface area contributed by atoms with Crippen LogP contribution in [0.4, 0.5) is 5.69 Å². The minimum atomic E-state index is -0.557. The molecule has 10 heteroatoms. The van der Waals surface area contributed by atoms with Crippen molar-refractivity contribution < 1.29 is 9.72 Å². The minimum absolute atomic E-state index is 0.0550. The van der Waals surface area contributed by atoms with Gasteiger partial charge in [0.25, 0.3) is 0 Å². The van der Waals surface area contributed by atoms with Gasteiger partial charge in [0, 0.05) is 19.3 Å². The Morgan fingerprint density at radius 3 is 2.82 bits per heavy atom. The van der Waals surface area contributed by atoms with Gasteiger partial charge in [0.1, 0.15) is 18.9 Å². The third kappa shape index (κ3) is 4.29. The van der Waals surface area contributed by atoms with Crippen LogP contribution in [0.3, 0.4) is 0 Å². The Bertz CT molecular complexity index is 661. The molecule has 0 saturated carbocycles. The second-order valence-corrected chi connectivity index (χ2v) is 5.09. The number of hydrogen-bond acceptors (Lipinski definition) is 5. The number of carbonyl (C=O) groups excluding carboxylic acids is 1. The highest BCUT2D eigenvalue weighted by molar-refractivity contribution is 6.31. The fourth-order valence-corrected chi connectivity index (χ4v) is 1.96. The van der Waals surface area contributed by atoms with E-state index in [2.05, 4.69) is 15.5 Å². The number of aryl methyl sites for hydroxylation is 2. The van der Waals surface area contributed by atoms with Crippen LogP contribution in [-0.2, 0) is 17.9 Å². The number of carbonyl (C=O) groups is 1. The summed E-state index contributed by atoms with van der Waals surface area (Å²) >= 11 is 5.90. The van der Waals surface area contributed by atoms with E-state index in [0.29, 0.717) is 24.5 Å². The van der Waals surface area contributed by atoms with Gasteiger partial charge in [0.05, 0.1) is 15.6 Å². The molecule has 2 rings (SSSR count). The van der Waals surface area contributed by atoms with E-state index in [1.54, 1.807) is 10.9 Å². The molecule has 22 heavy (non-hydrogen) atoms. The normalized spacial score (nSPS) is 10.6. The number of aromatic nitrogens is 4. The Balaban J connectivity index is 1.70. The van der Waals surface area contributed by atoms with Gasteiger partial charge >= 0.3 is 5.69 Å². The maximum atomic E-state index is 11.7. The zero-order valence-corrected chi connectivity index (χ0v) is 12.7. The van der Waals surface area contributed by atoms with E-state index in [-0.39, 0.29) is 18.1 Å². The third-order valence-corrected chi connectivity index (χ3v) is 3.28. The summed E-state index contributed by atoms with van der Waals surface area (Å²) in [5.74, 6) is -0.257. The van der Waals surface area contributed by atoms with Crippen LogP contribution >= 0.6 is 11.6 Å². The summed E-state index contributed by atoms with van der Waals surface area (Å²) in [5.41, 5.74) is 0.629. The molecular weight excluding hydrogens is 312 g/mol. The molecule has 2 aromatic heterocycles. The molecule has 1 N–H and O–H groups in total. The highest BCUT2D eigenvalue weighted by Crippen LogP contribution is 2.12. The van der Waals surface area contributed by atoms with Crippen LogP contribution in [0, 0.1) is 17.0 Å². The maximum Gasteiger partial charge on any atom is 0.307 e. The molecule has 0 atom stereocenters. The molecule has 9 nitrogen and oxygen atoms in total. The number of nitro groups is 1. The lowest BCUT2D eigenvalue weighted by Gasteiger charge is -2.05. The largest absolute Gasteiger partial charge is 0.354 e. The SMILES string of the molecule is Cc1nn(CCCNC(=O)Cn2cc([N+](=O)[O-])cn2)cc1Cl.